The number of piperazine rings is 1. The van der Waals surface area contributed by atoms with E-state index < -0.39 is 21.8 Å². The minimum Gasteiger partial charge on any atom is -0.336 e. The average molecular weight is 427 g/mol. The number of carbonyl (C=O) groups excluding carboxylic acids is 1. The zero-order valence-corrected chi connectivity index (χ0v) is 16.4. The molecule has 0 spiro atoms. The maximum atomic E-state index is 12.8. The monoisotopic (exact) mass is 427 g/mol. The van der Waals surface area contributed by atoms with E-state index in [4.69, 9.17) is 0 Å². The highest BCUT2D eigenvalue weighted by Gasteiger charge is 2.30. The van der Waals surface area contributed by atoms with E-state index in [2.05, 4.69) is 9.62 Å². The molecule has 0 unspecified atom stereocenters. The van der Waals surface area contributed by atoms with Crippen molar-refractivity contribution in [2.24, 2.45) is 0 Å². The molecule has 1 aliphatic rings. The van der Waals surface area contributed by atoms with Crippen molar-refractivity contribution < 1.29 is 26.4 Å². The Hall–Kier alpha value is -2.59. The first-order valence-corrected chi connectivity index (χ1v) is 10.3. The molecule has 1 N–H and O–H groups in total. The molecule has 3 rings (SSSR count). The van der Waals surface area contributed by atoms with Crippen LogP contribution in [0.3, 0.4) is 0 Å². The average Bonchev–Trinajstić information content (AvgIpc) is 2.67. The molecule has 1 heterocycles. The maximum Gasteiger partial charge on any atom is 0.416 e. The molecule has 1 fully saturated rings. The molecule has 0 bridgehead atoms. The number of benzene rings is 2. The Kier molecular flexibility index (Phi) is 5.85. The van der Waals surface area contributed by atoms with Crippen molar-refractivity contribution in [3.05, 3.63) is 59.7 Å². The lowest BCUT2D eigenvalue weighted by molar-refractivity contribution is -0.137. The number of alkyl halides is 3. The molecule has 1 saturated heterocycles. The van der Waals surface area contributed by atoms with Crippen LogP contribution < -0.4 is 4.72 Å². The lowest BCUT2D eigenvalue weighted by Crippen LogP contribution is -2.47. The Morgan fingerprint density at radius 3 is 2.21 bits per heavy atom. The van der Waals surface area contributed by atoms with Gasteiger partial charge < -0.3 is 9.80 Å². The Morgan fingerprint density at radius 1 is 1.00 bits per heavy atom. The molecular formula is C19H20F3N3O3S. The number of likely N-dealkylation sites (N-methyl/N-ethyl adjacent to an activating group) is 1. The second-order valence-electron chi connectivity index (χ2n) is 6.80. The first-order chi connectivity index (χ1) is 13.6. The standard InChI is InChI=1S/C19H20F3N3O3S/c1-24-9-11-25(12-10-24)18(26)14-5-7-17(8-6-14)29(27,28)23-16-4-2-3-15(13-16)19(20,21)22/h2-8,13,23H,9-12H2,1H3. The minimum atomic E-state index is -4.58. The van der Waals surface area contributed by atoms with Crippen LogP contribution in [0.15, 0.2) is 53.4 Å². The van der Waals surface area contributed by atoms with Crippen LogP contribution in [-0.4, -0.2) is 57.4 Å². The van der Waals surface area contributed by atoms with Crippen molar-refractivity contribution in [2.75, 3.05) is 37.9 Å². The summed E-state index contributed by atoms with van der Waals surface area (Å²) in [6.07, 6.45) is -4.58. The van der Waals surface area contributed by atoms with Crippen LogP contribution in [0.4, 0.5) is 18.9 Å². The topological polar surface area (TPSA) is 69.7 Å². The van der Waals surface area contributed by atoms with Gasteiger partial charge in [0.1, 0.15) is 0 Å². The molecule has 0 radical (unpaired) electrons. The maximum absolute atomic E-state index is 12.8. The van der Waals surface area contributed by atoms with E-state index in [9.17, 15) is 26.4 Å². The summed E-state index contributed by atoms with van der Waals surface area (Å²) in [6, 6.07) is 9.27. The molecule has 0 aliphatic carbocycles. The van der Waals surface area contributed by atoms with E-state index in [1.54, 1.807) is 4.90 Å². The number of amides is 1. The number of halogens is 3. The SMILES string of the molecule is CN1CCN(C(=O)c2ccc(S(=O)(=O)Nc3cccc(C(F)(F)F)c3)cc2)CC1. The predicted molar refractivity (Wildman–Crippen MR) is 102 cm³/mol. The van der Waals surface area contributed by atoms with Crippen LogP contribution >= 0.6 is 0 Å². The van der Waals surface area contributed by atoms with Gasteiger partial charge in [-0.2, -0.15) is 13.2 Å². The van der Waals surface area contributed by atoms with Crippen molar-refractivity contribution in [3.63, 3.8) is 0 Å². The normalized spacial score (nSPS) is 15.9. The minimum absolute atomic E-state index is 0.148. The molecule has 10 heteroatoms. The summed E-state index contributed by atoms with van der Waals surface area (Å²) < 4.78 is 65.5. The molecule has 0 saturated carbocycles. The molecule has 2 aromatic carbocycles. The van der Waals surface area contributed by atoms with Gasteiger partial charge in [0.2, 0.25) is 0 Å². The van der Waals surface area contributed by atoms with Crippen molar-refractivity contribution in [1.29, 1.82) is 0 Å². The number of sulfonamides is 1. The van der Waals surface area contributed by atoms with Crippen LogP contribution in [-0.2, 0) is 16.2 Å². The van der Waals surface area contributed by atoms with E-state index in [0.29, 0.717) is 18.7 Å². The summed E-state index contributed by atoms with van der Waals surface area (Å²) in [5, 5.41) is 0. The molecule has 156 valence electrons. The number of nitrogens with one attached hydrogen (secondary N) is 1. The molecule has 1 aliphatic heterocycles. The Morgan fingerprint density at radius 2 is 1.62 bits per heavy atom. The smallest absolute Gasteiger partial charge is 0.336 e. The Bertz CT molecular complexity index is 984. The number of nitrogens with zero attached hydrogens (tertiary/aromatic N) is 2. The van der Waals surface area contributed by atoms with Crippen molar-refractivity contribution in [2.45, 2.75) is 11.1 Å². The quantitative estimate of drug-likeness (QED) is 0.815. The van der Waals surface area contributed by atoms with Crippen LogP contribution in [0.1, 0.15) is 15.9 Å². The second kappa shape index (κ2) is 8.03. The number of hydrogen-bond acceptors (Lipinski definition) is 4. The van der Waals surface area contributed by atoms with Gasteiger partial charge in [-0.25, -0.2) is 8.42 Å². The van der Waals surface area contributed by atoms with E-state index in [0.717, 1.165) is 31.3 Å². The zero-order chi connectivity index (χ0) is 21.2. The molecule has 2 aromatic rings. The number of hydrogen-bond donors (Lipinski definition) is 1. The highest BCUT2D eigenvalue weighted by molar-refractivity contribution is 7.92. The Balaban J connectivity index is 1.74. The van der Waals surface area contributed by atoms with E-state index in [1.165, 1.54) is 30.3 Å². The van der Waals surface area contributed by atoms with E-state index in [-0.39, 0.29) is 16.5 Å². The van der Waals surface area contributed by atoms with Crippen LogP contribution in [0, 0.1) is 0 Å². The molecule has 0 atom stereocenters. The van der Waals surface area contributed by atoms with Crippen LogP contribution in [0.5, 0.6) is 0 Å². The van der Waals surface area contributed by atoms with Gasteiger partial charge in [-0.3, -0.25) is 9.52 Å². The number of anilines is 1. The summed E-state index contributed by atoms with van der Waals surface area (Å²) in [5.41, 5.74) is -0.796. The van der Waals surface area contributed by atoms with Crippen molar-refractivity contribution >= 4 is 21.6 Å². The third-order valence-corrected chi connectivity index (χ3v) is 6.04. The van der Waals surface area contributed by atoms with Gasteiger partial charge in [0.25, 0.3) is 15.9 Å². The van der Waals surface area contributed by atoms with Gasteiger partial charge in [-0.15, -0.1) is 0 Å². The molecular weight excluding hydrogens is 407 g/mol. The first kappa shape index (κ1) is 21.1. The lowest BCUT2D eigenvalue weighted by Gasteiger charge is -2.32. The second-order valence-corrected chi connectivity index (χ2v) is 8.49. The largest absolute Gasteiger partial charge is 0.416 e. The molecule has 29 heavy (non-hydrogen) atoms. The third-order valence-electron chi connectivity index (χ3n) is 4.64. The summed E-state index contributed by atoms with van der Waals surface area (Å²) in [7, 11) is -2.13. The predicted octanol–water partition coefficient (Wildman–Crippen LogP) is 2.89. The summed E-state index contributed by atoms with van der Waals surface area (Å²) >= 11 is 0. The number of carbonyl (C=O) groups is 1. The van der Waals surface area contributed by atoms with Gasteiger partial charge in [-0.05, 0) is 49.5 Å². The fourth-order valence-corrected chi connectivity index (χ4v) is 3.99. The van der Waals surface area contributed by atoms with Gasteiger partial charge in [-0.1, -0.05) is 6.07 Å². The van der Waals surface area contributed by atoms with Gasteiger partial charge in [0.15, 0.2) is 0 Å². The van der Waals surface area contributed by atoms with Gasteiger partial charge >= 0.3 is 6.18 Å². The molecule has 6 nitrogen and oxygen atoms in total. The molecule has 0 aromatic heterocycles. The Labute approximate surface area is 167 Å². The number of rotatable bonds is 4. The van der Waals surface area contributed by atoms with E-state index in [1.807, 2.05) is 7.05 Å². The summed E-state index contributed by atoms with van der Waals surface area (Å²) in [5.74, 6) is -0.187. The molecule has 1 amide bonds. The van der Waals surface area contributed by atoms with Crippen molar-refractivity contribution in [3.8, 4) is 0 Å². The highest BCUT2D eigenvalue weighted by atomic mass is 32.2. The highest BCUT2D eigenvalue weighted by Crippen LogP contribution is 2.31. The van der Waals surface area contributed by atoms with Crippen molar-refractivity contribution in [1.82, 2.24) is 9.80 Å². The van der Waals surface area contributed by atoms with E-state index >= 15 is 0 Å². The van der Waals surface area contributed by atoms with Crippen LogP contribution in [0.25, 0.3) is 0 Å². The summed E-state index contributed by atoms with van der Waals surface area (Å²) in [6.45, 7) is 2.71. The fraction of sp³-hybridized carbons (Fsp3) is 0.316. The van der Waals surface area contributed by atoms with Crippen LogP contribution in [0.2, 0.25) is 0 Å². The first-order valence-electron chi connectivity index (χ1n) is 8.84. The summed E-state index contributed by atoms with van der Waals surface area (Å²) in [4.78, 5) is 16.2. The fourth-order valence-electron chi connectivity index (χ4n) is 2.94. The van der Waals surface area contributed by atoms with Gasteiger partial charge in [0, 0.05) is 37.4 Å². The third kappa shape index (κ3) is 5.07. The lowest BCUT2D eigenvalue weighted by atomic mass is 10.2. The van der Waals surface area contributed by atoms with Gasteiger partial charge in [0.05, 0.1) is 10.5 Å². The zero-order valence-electron chi connectivity index (χ0n) is 15.6.